The van der Waals surface area contributed by atoms with Crippen LogP contribution in [0.15, 0.2) is 35.4 Å². The van der Waals surface area contributed by atoms with Gasteiger partial charge in [0.15, 0.2) is 5.82 Å². The van der Waals surface area contributed by atoms with Gasteiger partial charge in [-0.2, -0.15) is 4.98 Å². The van der Waals surface area contributed by atoms with Crippen LogP contribution >= 0.6 is 0 Å². The number of carbonyl (C=O) groups is 1. The Hall–Kier alpha value is -3.03. The quantitative estimate of drug-likeness (QED) is 0.730. The van der Waals surface area contributed by atoms with E-state index in [4.69, 9.17) is 4.52 Å². The molecule has 1 saturated heterocycles. The Balaban J connectivity index is 1.61. The second kappa shape index (κ2) is 5.88. The molecule has 0 saturated carbocycles. The third-order valence-corrected chi connectivity index (χ3v) is 3.98. The van der Waals surface area contributed by atoms with Gasteiger partial charge in [0.25, 0.3) is 11.8 Å². The van der Waals surface area contributed by atoms with Crippen molar-refractivity contribution < 1.29 is 9.32 Å². The number of hydrogen-bond donors (Lipinski definition) is 0. The van der Waals surface area contributed by atoms with Gasteiger partial charge >= 0.3 is 0 Å². The van der Waals surface area contributed by atoms with E-state index in [1.165, 1.54) is 0 Å². The molecule has 4 heterocycles. The number of nitrogens with zero attached hydrogens (tertiary/aromatic N) is 6. The maximum Gasteiger partial charge on any atom is 0.274 e. The highest BCUT2D eigenvalue weighted by atomic mass is 16.5. The van der Waals surface area contributed by atoms with Crippen molar-refractivity contribution in [2.75, 3.05) is 13.1 Å². The van der Waals surface area contributed by atoms with Gasteiger partial charge in [-0.25, -0.2) is 9.97 Å². The number of carbonyl (C=O) groups excluding carboxylic acids is 1. The summed E-state index contributed by atoms with van der Waals surface area (Å²) in [7, 11) is 0. The molecule has 0 aromatic carbocycles. The van der Waals surface area contributed by atoms with Crippen molar-refractivity contribution in [2.24, 2.45) is 0 Å². The smallest absolute Gasteiger partial charge is 0.274 e. The number of pyridine rings is 1. The zero-order valence-electron chi connectivity index (χ0n) is 13.2. The number of imidazole rings is 1. The molecular weight excluding hydrogens is 308 g/mol. The molecule has 1 aliphatic heterocycles. The molecule has 24 heavy (non-hydrogen) atoms. The fourth-order valence-electron chi connectivity index (χ4n) is 2.75. The minimum Gasteiger partial charge on any atom is -0.337 e. The molecule has 0 aliphatic carbocycles. The number of amides is 1. The van der Waals surface area contributed by atoms with Gasteiger partial charge < -0.3 is 9.42 Å². The molecule has 1 aliphatic rings. The maximum atomic E-state index is 12.4. The summed E-state index contributed by atoms with van der Waals surface area (Å²) < 4.78 is 6.90. The average molecular weight is 324 g/mol. The maximum absolute atomic E-state index is 12.4. The standard InChI is InChI=1S/C16H16N6O2/c1-11-19-15(24-20-11)12-4-5-17-14(8-12)22-9-13(18-10-22)16(23)21-6-2-3-7-21/h4-5,8-10H,2-3,6-7H2,1H3. The predicted molar refractivity (Wildman–Crippen MR) is 84.5 cm³/mol. The van der Waals surface area contributed by atoms with Gasteiger partial charge in [-0.1, -0.05) is 5.16 Å². The molecule has 0 bridgehead atoms. The highest BCUT2D eigenvalue weighted by Gasteiger charge is 2.21. The number of likely N-dealkylation sites (tertiary alicyclic amines) is 1. The molecule has 0 N–H and O–H groups in total. The summed E-state index contributed by atoms with van der Waals surface area (Å²) in [6, 6.07) is 3.61. The molecule has 0 radical (unpaired) electrons. The van der Waals surface area contributed by atoms with E-state index in [-0.39, 0.29) is 5.91 Å². The van der Waals surface area contributed by atoms with Crippen molar-refractivity contribution in [3.8, 4) is 17.3 Å². The van der Waals surface area contributed by atoms with Crippen LogP contribution in [0.4, 0.5) is 0 Å². The molecule has 1 amide bonds. The van der Waals surface area contributed by atoms with E-state index >= 15 is 0 Å². The molecule has 0 spiro atoms. The lowest BCUT2D eigenvalue weighted by Gasteiger charge is -2.12. The van der Waals surface area contributed by atoms with Crippen molar-refractivity contribution in [3.05, 3.63) is 42.4 Å². The van der Waals surface area contributed by atoms with E-state index in [9.17, 15) is 4.79 Å². The van der Waals surface area contributed by atoms with Crippen LogP contribution in [-0.2, 0) is 0 Å². The van der Waals surface area contributed by atoms with Crippen LogP contribution in [0.5, 0.6) is 0 Å². The van der Waals surface area contributed by atoms with Gasteiger partial charge in [0, 0.05) is 31.0 Å². The molecule has 3 aromatic rings. The first-order valence-corrected chi connectivity index (χ1v) is 7.81. The Morgan fingerprint density at radius 3 is 2.83 bits per heavy atom. The normalized spacial score (nSPS) is 14.3. The Kier molecular flexibility index (Phi) is 3.56. The Morgan fingerprint density at radius 2 is 2.08 bits per heavy atom. The van der Waals surface area contributed by atoms with E-state index in [0.29, 0.717) is 23.2 Å². The topological polar surface area (TPSA) is 89.9 Å². The summed E-state index contributed by atoms with van der Waals surface area (Å²) in [6.45, 7) is 3.37. The monoisotopic (exact) mass is 324 g/mol. The first-order valence-electron chi connectivity index (χ1n) is 7.81. The fourth-order valence-corrected chi connectivity index (χ4v) is 2.75. The zero-order chi connectivity index (χ0) is 16.5. The Bertz CT molecular complexity index is 878. The third kappa shape index (κ3) is 2.66. The highest BCUT2D eigenvalue weighted by Crippen LogP contribution is 2.19. The van der Waals surface area contributed by atoms with E-state index in [0.717, 1.165) is 31.5 Å². The van der Waals surface area contributed by atoms with Gasteiger partial charge in [-0.15, -0.1) is 0 Å². The number of aryl methyl sites for hydroxylation is 1. The lowest BCUT2D eigenvalue weighted by atomic mass is 10.2. The lowest BCUT2D eigenvalue weighted by Crippen LogP contribution is -2.27. The van der Waals surface area contributed by atoms with Crippen LogP contribution in [0.1, 0.15) is 29.2 Å². The second-order valence-electron chi connectivity index (χ2n) is 5.71. The van der Waals surface area contributed by atoms with Gasteiger partial charge in [-0.05, 0) is 31.9 Å². The summed E-state index contributed by atoms with van der Waals surface area (Å²) in [5.41, 5.74) is 1.19. The van der Waals surface area contributed by atoms with Crippen LogP contribution in [0, 0.1) is 6.92 Å². The minimum absolute atomic E-state index is 0.0325. The van der Waals surface area contributed by atoms with Gasteiger partial charge in [0.1, 0.15) is 17.8 Å². The van der Waals surface area contributed by atoms with Crippen molar-refractivity contribution in [1.29, 1.82) is 0 Å². The summed E-state index contributed by atoms with van der Waals surface area (Å²) in [5, 5.41) is 3.79. The molecule has 4 rings (SSSR count). The highest BCUT2D eigenvalue weighted by molar-refractivity contribution is 5.92. The summed E-state index contributed by atoms with van der Waals surface area (Å²) in [6.07, 6.45) is 7.06. The number of rotatable bonds is 3. The summed E-state index contributed by atoms with van der Waals surface area (Å²) in [4.78, 5) is 27.0. The molecule has 8 heteroatoms. The van der Waals surface area contributed by atoms with Crippen molar-refractivity contribution in [1.82, 2.24) is 29.6 Å². The summed E-state index contributed by atoms with van der Waals surface area (Å²) >= 11 is 0. The number of hydrogen-bond acceptors (Lipinski definition) is 6. The van der Waals surface area contributed by atoms with Crippen LogP contribution in [-0.4, -0.2) is 48.6 Å². The third-order valence-electron chi connectivity index (χ3n) is 3.98. The van der Waals surface area contributed by atoms with E-state index in [1.807, 2.05) is 11.0 Å². The minimum atomic E-state index is -0.0325. The first kappa shape index (κ1) is 14.6. The molecule has 3 aromatic heterocycles. The van der Waals surface area contributed by atoms with Crippen molar-refractivity contribution >= 4 is 5.91 Å². The van der Waals surface area contributed by atoms with E-state index in [2.05, 4.69) is 20.1 Å². The summed E-state index contributed by atoms with van der Waals surface area (Å²) in [5.74, 6) is 1.61. The molecule has 1 fully saturated rings. The fraction of sp³-hybridized carbons (Fsp3) is 0.312. The molecule has 0 atom stereocenters. The first-order chi connectivity index (χ1) is 11.7. The molecule has 8 nitrogen and oxygen atoms in total. The Morgan fingerprint density at radius 1 is 1.25 bits per heavy atom. The largest absolute Gasteiger partial charge is 0.337 e. The van der Waals surface area contributed by atoms with Crippen molar-refractivity contribution in [2.45, 2.75) is 19.8 Å². The molecule has 122 valence electrons. The van der Waals surface area contributed by atoms with Crippen LogP contribution in [0.3, 0.4) is 0 Å². The van der Waals surface area contributed by atoms with Crippen LogP contribution in [0.25, 0.3) is 17.3 Å². The SMILES string of the molecule is Cc1noc(-c2ccnc(-n3cnc(C(=O)N4CCCC4)c3)c2)n1. The van der Waals surface area contributed by atoms with E-state index in [1.54, 1.807) is 36.3 Å². The van der Waals surface area contributed by atoms with Gasteiger partial charge in [0.2, 0.25) is 0 Å². The average Bonchev–Trinajstić information content (AvgIpc) is 3.35. The van der Waals surface area contributed by atoms with Gasteiger partial charge in [0.05, 0.1) is 0 Å². The van der Waals surface area contributed by atoms with Crippen LogP contribution in [0.2, 0.25) is 0 Å². The second-order valence-corrected chi connectivity index (χ2v) is 5.71. The Labute approximate surface area is 138 Å². The lowest BCUT2D eigenvalue weighted by molar-refractivity contribution is 0.0787. The van der Waals surface area contributed by atoms with Crippen molar-refractivity contribution in [3.63, 3.8) is 0 Å². The molecular formula is C16H16N6O2. The molecule has 0 unspecified atom stereocenters. The van der Waals surface area contributed by atoms with Gasteiger partial charge in [-0.3, -0.25) is 9.36 Å². The van der Waals surface area contributed by atoms with Crippen LogP contribution < -0.4 is 0 Å². The van der Waals surface area contributed by atoms with E-state index < -0.39 is 0 Å². The zero-order valence-corrected chi connectivity index (χ0v) is 13.2. The number of aromatic nitrogens is 5. The predicted octanol–water partition coefficient (Wildman–Crippen LogP) is 1.86.